The molecule has 0 aromatic carbocycles. The molecule has 0 rings (SSSR count). The highest BCUT2D eigenvalue weighted by molar-refractivity contribution is 5.97. The van der Waals surface area contributed by atoms with Crippen molar-refractivity contribution in [3.05, 3.63) is 0 Å². The largest absolute Gasteiger partial charge is 0.427 e. The molecule has 98 valence electrons. The van der Waals surface area contributed by atoms with Gasteiger partial charge in [-0.05, 0) is 63.6 Å². The zero-order valence-electron chi connectivity index (χ0n) is 10.7. The Morgan fingerprint density at radius 3 is 1.44 bits per heavy atom. The molecule has 0 saturated heterocycles. The lowest BCUT2D eigenvalue weighted by Crippen LogP contribution is -2.29. The van der Waals surface area contributed by atoms with E-state index in [1.165, 1.54) is 0 Å². The molecule has 6 N–H and O–H groups in total. The van der Waals surface area contributed by atoms with Crippen molar-refractivity contribution >= 4 is 10.5 Å². The molecule has 0 aliphatic carbocycles. The quantitative estimate of drug-likeness (QED) is 0.429. The fourth-order valence-corrected chi connectivity index (χ4v) is 2.94. The second-order valence-corrected chi connectivity index (χ2v) is 5.19. The average Bonchev–Trinajstić information content (AvgIpc) is 2.31. The third-order valence-corrected chi connectivity index (χ3v) is 3.47. The van der Waals surface area contributed by atoms with Crippen LogP contribution < -0.4 is 17.2 Å². The van der Waals surface area contributed by atoms with Crippen LogP contribution in [0.2, 0.25) is 0 Å². The van der Waals surface area contributed by atoms with Crippen LogP contribution in [0.15, 0.2) is 0 Å². The van der Waals surface area contributed by atoms with E-state index in [0.717, 1.165) is 75.3 Å². The van der Waals surface area contributed by atoms with Crippen LogP contribution in [0.3, 0.4) is 0 Å². The number of rotatable bonds is 11. The molecule has 16 heavy (non-hydrogen) atoms. The second-order valence-electron chi connectivity index (χ2n) is 4.61. The second kappa shape index (κ2) is 10.2. The number of hydrogen-bond acceptors (Lipinski definition) is 4. The Morgan fingerprint density at radius 2 is 1.19 bits per heavy atom. The smallest absolute Gasteiger partial charge is 0.145 e. The minimum absolute atomic E-state index is 0.278. The molecule has 0 amide bonds. The minimum atomic E-state index is 0.278. The van der Waals surface area contributed by atoms with Gasteiger partial charge in [0.1, 0.15) is 10.5 Å². The zero-order valence-corrected chi connectivity index (χ0v) is 12.7. The average molecular weight is 247 g/mol. The van der Waals surface area contributed by atoms with Crippen molar-refractivity contribution < 1.29 is 4.43 Å². The fourth-order valence-electron chi connectivity index (χ4n) is 2.33. The van der Waals surface area contributed by atoms with Crippen LogP contribution in [0, 0.1) is 5.41 Å². The van der Waals surface area contributed by atoms with Gasteiger partial charge in [0, 0.05) is 6.61 Å². The molecular weight excluding hydrogens is 218 g/mol. The molecule has 0 aliphatic rings. The molecule has 0 spiro atoms. The Labute approximate surface area is 103 Å². The first-order valence-electron chi connectivity index (χ1n) is 6.34. The van der Waals surface area contributed by atoms with Crippen molar-refractivity contribution in [3.63, 3.8) is 0 Å². The molecule has 0 aliphatic heterocycles. The van der Waals surface area contributed by atoms with Crippen molar-refractivity contribution in [2.24, 2.45) is 22.6 Å². The van der Waals surface area contributed by atoms with E-state index in [1.807, 2.05) is 0 Å². The van der Waals surface area contributed by atoms with Crippen molar-refractivity contribution in [1.82, 2.24) is 0 Å². The summed E-state index contributed by atoms with van der Waals surface area (Å²) in [5, 5.41) is 0. The first kappa shape index (κ1) is 16.1. The zero-order chi connectivity index (χ0) is 12.3. The fraction of sp³-hybridized carbons (Fsp3) is 1.00. The Hall–Kier alpha value is 0.0569. The third kappa shape index (κ3) is 6.60. The Bertz CT molecular complexity index is 136. The van der Waals surface area contributed by atoms with Gasteiger partial charge in [0.2, 0.25) is 0 Å². The van der Waals surface area contributed by atoms with Gasteiger partial charge in [-0.1, -0.05) is 0 Å². The molecule has 0 fully saturated rings. The SMILES string of the molecule is NCCCC(CCCN)(CCCN)CO[SiH3]. The summed E-state index contributed by atoms with van der Waals surface area (Å²) in [7, 11) is 0.802. The monoisotopic (exact) mass is 247 g/mol. The van der Waals surface area contributed by atoms with Gasteiger partial charge in [-0.3, -0.25) is 0 Å². The molecule has 0 bridgehead atoms. The van der Waals surface area contributed by atoms with Crippen LogP contribution in [0.1, 0.15) is 38.5 Å². The summed E-state index contributed by atoms with van der Waals surface area (Å²) in [4.78, 5) is 0. The first-order valence-corrected chi connectivity index (χ1v) is 7.15. The maximum absolute atomic E-state index is 5.61. The van der Waals surface area contributed by atoms with Crippen LogP contribution in [-0.2, 0) is 4.43 Å². The van der Waals surface area contributed by atoms with Crippen molar-refractivity contribution in [1.29, 1.82) is 0 Å². The lowest BCUT2D eigenvalue weighted by Gasteiger charge is -2.33. The van der Waals surface area contributed by atoms with Crippen LogP contribution >= 0.6 is 0 Å². The van der Waals surface area contributed by atoms with Crippen LogP contribution in [0.25, 0.3) is 0 Å². The van der Waals surface area contributed by atoms with E-state index < -0.39 is 0 Å². The highest BCUT2D eigenvalue weighted by Crippen LogP contribution is 2.34. The van der Waals surface area contributed by atoms with Gasteiger partial charge >= 0.3 is 0 Å². The van der Waals surface area contributed by atoms with E-state index in [-0.39, 0.29) is 5.41 Å². The summed E-state index contributed by atoms with van der Waals surface area (Å²) in [5.41, 5.74) is 17.1. The molecule has 5 heteroatoms. The van der Waals surface area contributed by atoms with Gasteiger partial charge in [-0.25, -0.2) is 0 Å². The van der Waals surface area contributed by atoms with Gasteiger partial charge in [0.15, 0.2) is 0 Å². The Morgan fingerprint density at radius 1 is 0.812 bits per heavy atom. The van der Waals surface area contributed by atoms with E-state index in [9.17, 15) is 0 Å². The predicted molar refractivity (Wildman–Crippen MR) is 73.2 cm³/mol. The lowest BCUT2D eigenvalue weighted by molar-refractivity contribution is 0.112. The normalized spacial score (nSPS) is 12.2. The molecule has 0 aromatic rings. The van der Waals surface area contributed by atoms with Crippen molar-refractivity contribution in [2.45, 2.75) is 38.5 Å². The third-order valence-electron chi connectivity index (χ3n) is 3.18. The van der Waals surface area contributed by atoms with Gasteiger partial charge in [-0.2, -0.15) is 0 Å². The van der Waals surface area contributed by atoms with Gasteiger partial charge in [0.25, 0.3) is 0 Å². The van der Waals surface area contributed by atoms with Crippen LogP contribution in [0.5, 0.6) is 0 Å². The highest BCUT2D eigenvalue weighted by atomic mass is 28.2. The maximum Gasteiger partial charge on any atom is 0.145 e. The van der Waals surface area contributed by atoms with E-state index in [4.69, 9.17) is 21.6 Å². The Balaban J connectivity index is 4.32. The summed E-state index contributed by atoms with van der Waals surface area (Å²) in [5.74, 6) is 0. The van der Waals surface area contributed by atoms with E-state index in [2.05, 4.69) is 0 Å². The number of hydrogen-bond donors (Lipinski definition) is 3. The summed E-state index contributed by atoms with van der Waals surface area (Å²) < 4.78 is 5.51. The van der Waals surface area contributed by atoms with Gasteiger partial charge in [0.05, 0.1) is 0 Å². The first-order chi connectivity index (χ1) is 7.74. The van der Waals surface area contributed by atoms with Crippen LogP contribution in [0.4, 0.5) is 0 Å². The standard InChI is InChI=1S/C11H29N3OSi/c12-7-1-4-11(10-15-16,5-2-8-13)6-3-9-14/h1-10,12-14H2,16H3. The molecule has 0 heterocycles. The summed E-state index contributed by atoms with van der Waals surface area (Å²) >= 11 is 0. The highest BCUT2D eigenvalue weighted by Gasteiger charge is 2.28. The summed E-state index contributed by atoms with van der Waals surface area (Å²) in [6.07, 6.45) is 6.64. The predicted octanol–water partition coefficient (Wildman–Crippen LogP) is -0.513. The lowest BCUT2D eigenvalue weighted by atomic mass is 9.76. The van der Waals surface area contributed by atoms with E-state index in [0.29, 0.717) is 0 Å². The molecule has 0 aromatic heterocycles. The molecular formula is C11H29N3OSi. The maximum atomic E-state index is 5.61. The summed E-state index contributed by atoms with van der Waals surface area (Å²) in [6.45, 7) is 3.13. The van der Waals surface area contributed by atoms with Gasteiger partial charge in [-0.15, -0.1) is 0 Å². The topological polar surface area (TPSA) is 87.3 Å². The molecule has 4 nitrogen and oxygen atoms in total. The van der Waals surface area contributed by atoms with Crippen molar-refractivity contribution in [3.8, 4) is 0 Å². The number of nitrogens with two attached hydrogens (primary N) is 3. The molecule has 0 unspecified atom stereocenters. The van der Waals surface area contributed by atoms with Gasteiger partial charge < -0.3 is 21.6 Å². The van der Waals surface area contributed by atoms with E-state index >= 15 is 0 Å². The minimum Gasteiger partial charge on any atom is -0.427 e. The van der Waals surface area contributed by atoms with Crippen LogP contribution in [-0.4, -0.2) is 36.7 Å². The molecule has 0 saturated carbocycles. The Kier molecular flexibility index (Phi) is 10.3. The summed E-state index contributed by atoms with van der Waals surface area (Å²) in [6, 6.07) is 0. The molecule has 0 atom stereocenters. The van der Waals surface area contributed by atoms with E-state index in [1.54, 1.807) is 0 Å². The molecule has 0 radical (unpaired) electrons. The van der Waals surface area contributed by atoms with Crippen molar-refractivity contribution in [2.75, 3.05) is 26.2 Å².